The van der Waals surface area contributed by atoms with Gasteiger partial charge in [-0.05, 0) is 46.0 Å². The molecule has 3 rings (SSSR count). The third kappa shape index (κ3) is 3.46. The van der Waals surface area contributed by atoms with Crippen LogP contribution in [0.5, 0.6) is 0 Å². The largest absolute Gasteiger partial charge is 0.468 e. The first kappa shape index (κ1) is 16.6. The fourth-order valence-corrected chi connectivity index (χ4v) is 3.15. The second kappa shape index (κ2) is 7.09. The smallest absolute Gasteiger partial charge is 0.318 e. The van der Waals surface area contributed by atoms with Crippen LogP contribution in [0.2, 0.25) is 0 Å². The van der Waals surface area contributed by atoms with Crippen molar-refractivity contribution in [1.29, 1.82) is 0 Å². The number of aromatic nitrogens is 1. The van der Waals surface area contributed by atoms with Crippen molar-refractivity contribution in [2.24, 2.45) is 0 Å². The number of rotatable bonds is 5. The highest BCUT2D eigenvalue weighted by atomic mass is 16.5. The van der Waals surface area contributed by atoms with E-state index in [4.69, 9.17) is 8.94 Å². The Balaban J connectivity index is 1.63. The average Bonchev–Trinajstić information content (AvgIpc) is 3.27. The van der Waals surface area contributed by atoms with E-state index in [9.17, 15) is 4.79 Å². The quantitative estimate of drug-likeness (QED) is 0.911. The second-order valence-corrected chi connectivity index (χ2v) is 6.40. The van der Waals surface area contributed by atoms with Gasteiger partial charge in [-0.25, -0.2) is 4.79 Å². The van der Waals surface area contributed by atoms with Crippen molar-refractivity contribution in [2.45, 2.75) is 31.8 Å². The lowest BCUT2D eigenvalue weighted by molar-refractivity contribution is 0.176. The van der Waals surface area contributed by atoms with Crippen LogP contribution in [0.25, 0.3) is 0 Å². The Bertz CT molecular complexity index is 665. The second-order valence-electron chi connectivity index (χ2n) is 6.40. The molecule has 7 heteroatoms. The number of carbonyl (C=O) groups is 1. The lowest BCUT2D eigenvalue weighted by Gasteiger charge is -2.26. The van der Waals surface area contributed by atoms with E-state index in [1.165, 1.54) is 0 Å². The molecule has 1 aliphatic rings. The molecule has 2 aromatic heterocycles. The van der Waals surface area contributed by atoms with E-state index in [0.29, 0.717) is 6.54 Å². The number of hydrogen-bond acceptors (Lipinski definition) is 5. The Kier molecular flexibility index (Phi) is 4.89. The molecule has 0 aromatic carbocycles. The standard InChI is InChI=1S/C17H24N4O3/c1-12-10-16(24-19-12)13-6-4-8-21(13)17(22)18-11-14(20(2)3)15-7-5-9-23-15/h5,7,9-10,13-14H,4,6,8,11H2,1-3H3,(H,18,22)/t13-,14-/m0/s1. The van der Waals surface area contributed by atoms with Crippen LogP contribution in [-0.2, 0) is 0 Å². The van der Waals surface area contributed by atoms with Crippen molar-refractivity contribution >= 4 is 6.03 Å². The Morgan fingerprint density at radius 3 is 3.00 bits per heavy atom. The summed E-state index contributed by atoms with van der Waals surface area (Å²) in [6.07, 6.45) is 3.51. The van der Waals surface area contributed by atoms with Crippen LogP contribution in [0.4, 0.5) is 4.79 Å². The summed E-state index contributed by atoms with van der Waals surface area (Å²) in [4.78, 5) is 16.5. The van der Waals surface area contributed by atoms with Crippen LogP contribution in [0.3, 0.4) is 0 Å². The van der Waals surface area contributed by atoms with E-state index < -0.39 is 0 Å². The molecule has 2 atom stereocenters. The number of amides is 2. The Labute approximate surface area is 141 Å². The summed E-state index contributed by atoms with van der Waals surface area (Å²) in [6, 6.07) is 5.57. The number of nitrogens with zero attached hydrogens (tertiary/aromatic N) is 3. The molecule has 2 amide bonds. The van der Waals surface area contributed by atoms with Crippen molar-refractivity contribution in [1.82, 2.24) is 20.3 Å². The molecule has 7 nitrogen and oxygen atoms in total. The summed E-state index contributed by atoms with van der Waals surface area (Å²) in [6.45, 7) is 3.10. The highest BCUT2D eigenvalue weighted by Crippen LogP contribution is 2.32. The molecular formula is C17H24N4O3. The first-order chi connectivity index (χ1) is 11.6. The average molecular weight is 332 g/mol. The molecule has 1 aliphatic heterocycles. The number of likely N-dealkylation sites (N-methyl/N-ethyl adjacent to an activating group) is 1. The van der Waals surface area contributed by atoms with E-state index >= 15 is 0 Å². The Morgan fingerprint density at radius 2 is 2.38 bits per heavy atom. The van der Waals surface area contributed by atoms with Gasteiger partial charge in [-0.15, -0.1) is 0 Å². The predicted molar refractivity (Wildman–Crippen MR) is 88.5 cm³/mol. The first-order valence-electron chi connectivity index (χ1n) is 8.24. The summed E-state index contributed by atoms with van der Waals surface area (Å²) in [5, 5.41) is 6.96. The van der Waals surface area contributed by atoms with Crippen LogP contribution in [0.1, 0.15) is 42.1 Å². The van der Waals surface area contributed by atoms with E-state index in [-0.39, 0.29) is 18.1 Å². The van der Waals surface area contributed by atoms with Crippen molar-refractivity contribution in [2.75, 3.05) is 27.2 Å². The van der Waals surface area contributed by atoms with Gasteiger partial charge >= 0.3 is 6.03 Å². The number of aryl methyl sites for hydroxylation is 1. The van der Waals surface area contributed by atoms with E-state index in [1.807, 2.05) is 49.0 Å². The molecule has 0 unspecified atom stereocenters. The molecule has 1 N–H and O–H groups in total. The minimum atomic E-state index is -0.0787. The Morgan fingerprint density at radius 1 is 1.54 bits per heavy atom. The highest BCUT2D eigenvalue weighted by Gasteiger charge is 2.33. The van der Waals surface area contributed by atoms with Gasteiger partial charge in [-0.3, -0.25) is 4.90 Å². The molecule has 0 spiro atoms. The fourth-order valence-electron chi connectivity index (χ4n) is 3.15. The maximum atomic E-state index is 12.6. The van der Waals surface area contributed by atoms with Gasteiger partial charge in [0.1, 0.15) is 5.76 Å². The summed E-state index contributed by atoms with van der Waals surface area (Å²) < 4.78 is 10.8. The lowest BCUT2D eigenvalue weighted by Crippen LogP contribution is -2.42. The van der Waals surface area contributed by atoms with Gasteiger partial charge in [-0.1, -0.05) is 5.16 Å². The molecule has 0 bridgehead atoms. The first-order valence-corrected chi connectivity index (χ1v) is 8.24. The zero-order valence-corrected chi connectivity index (χ0v) is 14.4. The number of nitrogens with one attached hydrogen (secondary N) is 1. The summed E-state index contributed by atoms with van der Waals surface area (Å²) in [5.74, 6) is 1.60. The van der Waals surface area contributed by atoms with Crippen LogP contribution < -0.4 is 5.32 Å². The maximum absolute atomic E-state index is 12.6. The van der Waals surface area contributed by atoms with E-state index in [0.717, 1.165) is 36.6 Å². The van der Waals surface area contributed by atoms with Gasteiger partial charge in [0.05, 0.1) is 24.0 Å². The SMILES string of the molecule is Cc1cc([C@@H]2CCCN2C(=O)NC[C@@H](c2ccco2)N(C)C)on1. The van der Waals surface area contributed by atoms with Gasteiger partial charge in [0.2, 0.25) is 0 Å². The number of furan rings is 1. The van der Waals surface area contributed by atoms with Crippen LogP contribution >= 0.6 is 0 Å². The molecule has 24 heavy (non-hydrogen) atoms. The van der Waals surface area contributed by atoms with Gasteiger partial charge in [0, 0.05) is 19.2 Å². The molecule has 2 aromatic rings. The third-order valence-corrected chi connectivity index (χ3v) is 4.43. The van der Waals surface area contributed by atoms with E-state index in [1.54, 1.807) is 6.26 Å². The van der Waals surface area contributed by atoms with Gasteiger partial charge in [0.15, 0.2) is 5.76 Å². The van der Waals surface area contributed by atoms with Gasteiger partial charge in [-0.2, -0.15) is 0 Å². The monoisotopic (exact) mass is 332 g/mol. The minimum Gasteiger partial charge on any atom is -0.468 e. The summed E-state index contributed by atoms with van der Waals surface area (Å²) in [7, 11) is 3.94. The number of likely N-dealkylation sites (tertiary alicyclic amines) is 1. The fraction of sp³-hybridized carbons (Fsp3) is 0.529. The van der Waals surface area contributed by atoms with Crippen molar-refractivity contribution in [3.05, 3.63) is 41.7 Å². The predicted octanol–water partition coefficient (Wildman–Crippen LogP) is 2.73. The highest BCUT2D eigenvalue weighted by molar-refractivity contribution is 5.75. The Hall–Kier alpha value is -2.28. The third-order valence-electron chi connectivity index (χ3n) is 4.43. The van der Waals surface area contributed by atoms with Gasteiger partial charge in [0.25, 0.3) is 0 Å². The zero-order valence-electron chi connectivity index (χ0n) is 14.4. The minimum absolute atomic E-state index is 0.00229. The van der Waals surface area contributed by atoms with Crippen molar-refractivity contribution in [3.8, 4) is 0 Å². The molecule has 0 saturated carbocycles. The van der Waals surface area contributed by atoms with Crippen molar-refractivity contribution < 1.29 is 13.7 Å². The molecule has 0 radical (unpaired) electrons. The molecule has 0 aliphatic carbocycles. The molecule has 130 valence electrons. The van der Waals surface area contributed by atoms with E-state index in [2.05, 4.69) is 10.5 Å². The van der Waals surface area contributed by atoms with Crippen LogP contribution in [0, 0.1) is 6.92 Å². The summed E-state index contributed by atoms with van der Waals surface area (Å²) >= 11 is 0. The zero-order chi connectivity index (χ0) is 17.1. The molecular weight excluding hydrogens is 308 g/mol. The topological polar surface area (TPSA) is 74.8 Å². The molecule has 3 heterocycles. The van der Waals surface area contributed by atoms with Crippen LogP contribution in [-0.4, -0.2) is 48.2 Å². The molecule has 1 saturated heterocycles. The number of urea groups is 1. The normalized spacial score (nSPS) is 19.0. The maximum Gasteiger partial charge on any atom is 0.318 e. The molecule has 1 fully saturated rings. The summed E-state index contributed by atoms with van der Waals surface area (Å²) in [5.41, 5.74) is 0.836. The number of hydrogen-bond donors (Lipinski definition) is 1. The number of carbonyl (C=O) groups excluding carboxylic acids is 1. The van der Waals surface area contributed by atoms with Crippen molar-refractivity contribution in [3.63, 3.8) is 0 Å². The lowest BCUT2D eigenvalue weighted by atomic mass is 10.1. The van der Waals surface area contributed by atoms with Gasteiger partial charge < -0.3 is 19.2 Å². The van der Waals surface area contributed by atoms with Crippen LogP contribution in [0.15, 0.2) is 33.4 Å².